The maximum Gasteiger partial charge on any atom is 0.213 e. The molecule has 0 spiro atoms. The summed E-state index contributed by atoms with van der Waals surface area (Å²) in [5.41, 5.74) is -0.0440. The van der Waals surface area contributed by atoms with E-state index in [-0.39, 0.29) is 37.6 Å². The van der Waals surface area contributed by atoms with Crippen LogP contribution in [0, 0.1) is 17.5 Å². The number of piperazine rings is 1. The third kappa shape index (κ3) is 2.76. The van der Waals surface area contributed by atoms with Crippen molar-refractivity contribution in [3.05, 3.63) is 29.6 Å². The Hall–Kier alpha value is -1.28. The quantitative estimate of drug-likeness (QED) is 0.796. The van der Waals surface area contributed by atoms with E-state index in [2.05, 4.69) is 0 Å². The van der Waals surface area contributed by atoms with Crippen LogP contribution in [0.25, 0.3) is 0 Å². The van der Waals surface area contributed by atoms with Crippen LogP contribution in [0.1, 0.15) is 6.92 Å². The number of sulfonamides is 1. The van der Waals surface area contributed by atoms with E-state index in [0.717, 1.165) is 12.1 Å². The molecule has 1 heterocycles. The Balaban J connectivity index is 2.14. The smallest absolute Gasteiger partial charge is 0.213 e. The number of halogens is 3. The number of hydrogen-bond donors (Lipinski definition) is 0. The molecule has 0 radical (unpaired) electrons. The van der Waals surface area contributed by atoms with Crippen molar-refractivity contribution >= 4 is 15.7 Å². The fourth-order valence-electron chi connectivity index (χ4n) is 2.15. The first kappa shape index (κ1) is 15.1. The standard InChI is InChI=1S/C12H15F3N2O2S/c1-2-20(18,19)17-7-5-16(6-8-17)10-4-3-9(13)11(14)12(10)15/h3-4H,2,5-8H2,1H3. The average Bonchev–Trinajstić information content (AvgIpc) is 2.45. The van der Waals surface area contributed by atoms with E-state index in [0.29, 0.717) is 0 Å². The number of nitrogens with zero attached hydrogens (tertiary/aromatic N) is 2. The van der Waals surface area contributed by atoms with Gasteiger partial charge in [-0.25, -0.2) is 21.6 Å². The van der Waals surface area contributed by atoms with Crippen molar-refractivity contribution in [1.82, 2.24) is 4.31 Å². The van der Waals surface area contributed by atoms with Crippen LogP contribution < -0.4 is 4.90 Å². The predicted octanol–water partition coefficient (Wildman–Crippen LogP) is 1.58. The van der Waals surface area contributed by atoms with Crippen molar-refractivity contribution in [2.75, 3.05) is 36.8 Å². The van der Waals surface area contributed by atoms with Gasteiger partial charge in [0.05, 0.1) is 11.4 Å². The summed E-state index contributed by atoms with van der Waals surface area (Å²) in [7, 11) is -3.27. The molecule has 0 aromatic heterocycles. The molecule has 112 valence electrons. The van der Waals surface area contributed by atoms with E-state index >= 15 is 0 Å². The summed E-state index contributed by atoms with van der Waals surface area (Å²) in [6.07, 6.45) is 0. The van der Waals surface area contributed by atoms with Gasteiger partial charge in [-0.05, 0) is 19.1 Å². The molecule has 8 heteroatoms. The zero-order chi connectivity index (χ0) is 14.9. The van der Waals surface area contributed by atoms with E-state index in [4.69, 9.17) is 0 Å². The van der Waals surface area contributed by atoms with Crippen LogP contribution in [0.4, 0.5) is 18.9 Å². The first-order valence-electron chi connectivity index (χ1n) is 6.23. The molecular weight excluding hydrogens is 293 g/mol. The zero-order valence-corrected chi connectivity index (χ0v) is 11.8. The third-order valence-corrected chi connectivity index (χ3v) is 5.23. The number of hydrogen-bond acceptors (Lipinski definition) is 3. The molecule has 0 aliphatic carbocycles. The highest BCUT2D eigenvalue weighted by Gasteiger charge is 2.27. The minimum Gasteiger partial charge on any atom is -0.366 e. The second-order valence-corrected chi connectivity index (χ2v) is 6.74. The van der Waals surface area contributed by atoms with Crippen LogP contribution in [0.15, 0.2) is 12.1 Å². The lowest BCUT2D eigenvalue weighted by Crippen LogP contribution is -2.49. The summed E-state index contributed by atoms with van der Waals surface area (Å²) in [6.45, 7) is 2.43. The van der Waals surface area contributed by atoms with E-state index in [1.54, 1.807) is 6.92 Å². The average molecular weight is 308 g/mol. The molecule has 1 aromatic carbocycles. The molecule has 1 saturated heterocycles. The lowest BCUT2D eigenvalue weighted by Gasteiger charge is -2.35. The van der Waals surface area contributed by atoms with Crippen LogP contribution in [0.5, 0.6) is 0 Å². The van der Waals surface area contributed by atoms with Crippen molar-refractivity contribution in [2.24, 2.45) is 0 Å². The van der Waals surface area contributed by atoms with Gasteiger partial charge in [-0.3, -0.25) is 0 Å². The first-order valence-corrected chi connectivity index (χ1v) is 7.84. The number of benzene rings is 1. The Morgan fingerprint density at radius 3 is 2.20 bits per heavy atom. The molecule has 1 aliphatic rings. The Morgan fingerprint density at radius 1 is 1.05 bits per heavy atom. The predicted molar refractivity (Wildman–Crippen MR) is 69.6 cm³/mol. The molecule has 1 fully saturated rings. The highest BCUT2D eigenvalue weighted by molar-refractivity contribution is 7.89. The zero-order valence-electron chi connectivity index (χ0n) is 10.9. The Labute approximate surface area is 115 Å². The molecule has 0 N–H and O–H groups in total. The summed E-state index contributed by atoms with van der Waals surface area (Å²) < 4.78 is 64.4. The van der Waals surface area contributed by atoms with Gasteiger partial charge >= 0.3 is 0 Å². The summed E-state index contributed by atoms with van der Waals surface area (Å²) in [5, 5.41) is 0. The highest BCUT2D eigenvalue weighted by atomic mass is 32.2. The van der Waals surface area contributed by atoms with Gasteiger partial charge in [0, 0.05) is 26.2 Å². The van der Waals surface area contributed by atoms with Crippen LogP contribution in [-0.2, 0) is 10.0 Å². The van der Waals surface area contributed by atoms with Crippen molar-refractivity contribution in [1.29, 1.82) is 0 Å². The fourth-order valence-corrected chi connectivity index (χ4v) is 3.23. The topological polar surface area (TPSA) is 40.6 Å². The summed E-state index contributed by atoms with van der Waals surface area (Å²) in [6, 6.07) is 2.03. The summed E-state index contributed by atoms with van der Waals surface area (Å²) >= 11 is 0. The van der Waals surface area contributed by atoms with Gasteiger partial charge in [0.25, 0.3) is 0 Å². The van der Waals surface area contributed by atoms with E-state index in [1.165, 1.54) is 9.21 Å². The van der Waals surface area contributed by atoms with Crippen molar-refractivity contribution < 1.29 is 21.6 Å². The Kier molecular flexibility index (Phi) is 4.24. The van der Waals surface area contributed by atoms with Gasteiger partial charge in [-0.15, -0.1) is 0 Å². The van der Waals surface area contributed by atoms with Gasteiger partial charge in [-0.1, -0.05) is 0 Å². The van der Waals surface area contributed by atoms with Crippen LogP contribution in [0.2, 0.25) is 0 Å². The lowest BCUT2D eigenvalue weighted by atomic mass is 10.2. The second-order valence-electron chi connectivity index (χ2n) is 4.48. The minimum atomic E-state index is -3.27. The van der Waals surface area contributed by atoms with E-state index < -0.39 is 27.5 Å². The van der Waals surface area contributed by atoms with Gasteiger partial charge in [-0.2, -0.15) is 4.31 Å². The van der Waals surface area contributed by atoms with Crippen LogP contribution >= 0.6 is 0 Å². The maximum absolute atomic E-state index is 13.7. The molecule has 0 atom stereocenters. The van der Waals surface area contributed by atoms with Crippen LogP contribution in [-0.4, -0.2) is 44.7 Å². The molecule has 1 aromatic rings. The van der Waals surface area contributed by atoms with E-state index in [9.17, 15) is 21.6 Å². The third-order valence-electron chi connectivity index (χ3n) is 3.35. The summed E-state index contributed by atoms with van der Waals surface area (Å²) in [5.74, 6) is -3.98. The Bertz CT molecular complexity index is 599. The molecule has 2 rings (SSSR count). The molecule has 20 heavy (non-hydrogen) atoms. The molecule has 1 aliphatic heterocycles. The van der Waals surface area contributed by atoms with Crippen molar-refractivity contribution in [3.8, 4) is 0 Å². The SMILES string of the molecule is CCS(=O)(=O)N1CCN(c2ccc(F)c(F)c2F)CC1. The largest absolute Gasteiger partial charge is 0.366 e. The molecule has 0 unspecified atom stereocenters. The minimum absolute atomic E-state index is 0.00649. The summed E-state index contributed by atoms with van der Waals surface area (Å²) in [4.78, 5) is 1.51. The molecule has 0 bridgehead atoms. The normalized spacial score (nSPS) is 17.5. The van der Waals surface area contributed by atoms with E-state index in [1.807, 2.05) is 0 Å². The molecule has 0 saturated carbocycles. The van der Waals surface area contributed by atoms with Crippen molar-refractivity contribution in [3.63, 3.8) is 0 Å². The first-order chi connectivity index (χ1) is 9.36. The fraction of sp³-hybridized carbons (Fsp3) is 0.500. The lowest BCUT2D eigenvalue weighted by molar-refractivity contribution is 0.381. The van der Waals surface area contributed by atoms with Crippen LogP contribution in [0.3, 0.4) is 0 Å². The molecular formula is C12H15F3N2O2S. The number of rotatable bonds is 3. The number of anilines is 1. The second kappa shape index (κ2) is 5.61. The van der Waals surface area contributed by atoms with Gasteiger partial charge in [0.1, 0.15) is 0 Å². The van der Waals surface area contributed by atoms with Gasteiger partial charge in [0.2, 0.25) is 10.0 Å². The Morgan fingerprint density at radius 2 is 1.65 bits per heavy atom. The van der Waals surface area contributed by atoms with Gasteiger partial charge in [0.15, 0.2) is 17.5 Å². The molecule has 0 amide bonds. The monoisotopic (exact) mass is 308 g/mol. The van der Waals surface area contributed by atoms with Gasteiger partial charge < -0.3 is 4.90 Å². The molecule has 4 nitrogen and oxygen atoms in total. The maximum atomic E-state index is 13.7. The van der Waals surface area contributed by atoms with Crippen molar-refractivity contribution in [2.45, 2.75) is 6.92 Å². The highest BCUT2D eigenvalue weighted by Crippen LogP contribution is 2.25.